The summed E-state index contributed by atoms with van der Waals surface area (Å²) in [7, 11) is 1.40. The maximum atomic E-state index is 13.3. The molecule has 8 nitrogen and oxygen atoms in total. The molecule has 0 bridgehead atoms. The van der Waals surface area contributed by atoms with Gasteiger partial charge < -0.3 is 19.5 Å². The van der Waals surface area contributed by atoms with E-state index in [2.05, 4.69) is 10.3 Å². The topological polar surface area (TPSA) is 93.5 Å². The highest BCUT2D eigenvalue weighted by atomic mass is 19.4. The van der Waals surface area contributed by atoms with Crippen molar-refractivity contribution in [1.29, 1.82) is 0 Å². The Labute approximate surface area is 199 Å². The maximum absolute atomic E-state index is 13.3. The van der Waals surface area contributed by atoms with Crippen LogP contribution < -0.4 is 10.7 Å². The van der Waals surface area contributed by atoms with Gasteiger partial charge in [0, 0.05) is 32.1 Å². The number of benzene rings is 1. The molecule has 0 radical (unpaired) electrons. The lowest BCUT2D eigenvalue weighted by Gasteiger charge is -2.23. The van der Waals surface area contributed by atoms with Gasteiger partial charge in [0.25, 0.3) is 5.91 Å². The number of anilines is 1. The maximum Gasteiger partial charge on any atom is 0.418 e. The molecule has 1 aromatic carbocycles. The molecule has 35 heavy (non-hydrogen) atoms. The minimum atomic E-state index is -4.67. The smallest absolute Gasteiger partial charge is 0.383 e. The van der Waals surface area contributed by atoms with E-state index in [-0.39, 0.29) is 24.1 Å². The number of nitrogens with one attached hydrogen (secondary N) is 1. The lowest BCUT2D eigenvalue weighted by atomic mass is 10.1. The predicted molar refractivity (Wildman–Crippen MR) is 124 cm³/mol. The number of pyridine rings is 2. The van der Waals surface area contributed by atoms with E-state index < -0.39 is 41.2 Å². The Balaban J connectivity index is 1.93. The molecule has 0 fully saturated rings. The summed E-state index contributed by atoms with van der Waals surface area (Å²) in [5, 5.41) is 2.47. The van der Waals surface area contributed by atoms with Gasteiger partial charge in [-0.05, 0) is 38.1 Å². The Morgan fingerprint density at radius 3 is 2.54 bits per heavy atom. The molecule has 186 valence electrons. The van der Waals surface area contributed by atoms with Gasteiger partial charge in [0.1, 0.15) is 17.8 Å². The molecule has 2 amide bonds. The molecule has 3 rings (SSSR count). The van der Waals surface area contributed by atoms with Crippen molar-refractivity contribution in [3.8, 4) is 0 Å². The third-order valence-corrected chi connectivity index (χ3v) is 5.33. The van der Waals surface area contributed by atoms with Gasteiger partial charge in [-0.25, -0.2) is 4.98 Å². The molecule has 0 unspecified atom stereocenters. The quantitative estimate of drug-likeness (QED) is 0.522. The highest BCUT2D eigenvalue weighted by Crippen LogP contribution is 2.34. The Morgan fingerprint density at radius 1 is 1.17 bits per heavy atom. The molecule has 0 saturated heterocycles. The van der Waals surface area contributed by atoms with Crippen LogP contribution in [0.1, 0.15) is 28.5 Å². The summed E-state index contributed by atoms with van der Waals surface area (Å²) < 4.78 is 46.5. The van der Waals surface area contributed by atoms with Crippen molar-refractivity contribution in [3.05, 3.63) is 69.6 Å². The molecule has 0 aliphatic rings. The molecule has 11 heteroatoms. The van der Waals surface area contributed by atoms with Gasteiger partial charge in [-0.1, -0.05) is 12.1 Å². The second-order valence-corrected chi connectivity index (χ2v) is 7.79. The van der Waals surface area contributed by atoms with Crippen LogP contribution >= 0.6 is 0 Å². The number of fused-ring (bicyclic) bond motifs is 1. The normalized spacial score (nSPS) is 11.5. The highest BCUT2D eigenvalue weighted by molar-refractivity contribution is 6.01. The number of methoxy groups -OCH3 is 1. The number of carbonyl (C=O) groups is 2. The molecular formula is C24H25F3N4O4. The number of rotatable bonds is 8. The van der Waals surface area contributed by atoms with Crippen LogP contribution in [0.2, 0.25) is 0 Å². The molecule has 0 aliphatic heterocycles. The minimum absolute atomic E-state index is 0.0501. The van der Waals surface area contributed by atoms with Crippen molar-refractivity contribution < 1.29 is 27.5 Å². The van der Waals surface area contributed by atoms with Crippen LogP contribution in [0.3, 0.4) is 0 Å². The van der Waals surface area contributed by atoms with Crippen LogP contribution in [0.5, 0.6) is 0 Å². The van der Waals surface area contributed by atoms with Crippen LogP contribution in [0.15, 0.2) is 47.4 Å². The fourth-order valence-electron chi connectivity index (χ4n) is 3.58. The summed E-state index contributed by atoms with van der Waals surface area (Å²) in [5.74, 6) is -1.59. The Kier molecular flexibility index (Phi) is 7.90. The zero-order chi connectivity index (χ0) is 25.8. The van der Waals surface area contributed by atoms with E-state index >= 15 is 0 Å². The molecule has 0 atom stereocenters. The van der Waals surface area contributed by atoms with Gasteiger partial charge in [0.05, 0.1) is 23.2 Å². The number of alkyl halides is 3. The van der Waals surface area contributed by atoms with Crippen molar-refractivity contribution in [2.75, 3.05) is 32.1 Å². The molecule has 3 aromatic rings. The zero-order valence-electron chi connectivity index (χ0n) is 19.5. The van der Waals surface area contributed by atoms with Crippen molar-refractivity contribution in [1.82, 2.24) is 14.5 Å². The molecule has 0 aliphatic carbocycles. The average molecular weight is 490 g/mol. The lowest BCUT2D eigenvalue weighted by molar-refractivity contribution is -0.137. The van der Waals surface area contributed by atoms with Gasteiger partial charge in [0.2, 0.25) is 11.3 Å². The van der Waals surface area contributed by atoms with Crippen LogP contribution in [-0.2, 0) is 22.3 Å². The fraction of sp³-hybridized carbons (Fsp3) is 0.333. The van der Waals surface area contributed by atoms with E-state index in [1.54, 1.807) is 23.6 Å². The fourth-order valence-corrected chi connectivity index (χ4v) is 3.58. The van der Waals surface area contributed by atoms with E-state index in [0.717, 1.165) is 17.0 Å². The van der Waals surface area contributed by atoms with Crippen LogP contribution in [0, 0.1) is 6.92 Å². The van der Waals surface area contributed by atoms with E-state index in [1.165, 1.54) is 25.4 Å². The summed E-state index contributed by atoms with van der Waals surface area (Å²) in [4.78, 5) is 44.6. The largest absolute Gasteiger partial charge is 0.418 e. The number of aryl methyl sites for hydroxylation is 2. The number of para-hydroxylation sites is 1. The van der Waals surface area contributed by atoms with E-state index in [9.17, 15) is 27.6 Å². The second kappa shape index (κ2) is 10.7. The summed E-state index contributed by atoms with van der Waals surface area (Å²) in [5.41, 5.74) is -1.03. The Hall–Kier alpha value is -3.73. The number of carbonyl (C=O) groups excluding carboxylic acids is 2. The van der Waals surface area contributed by atoms with E-state index in [0.29, 0.717) is 17.9 Å². The number of nitrogens with zero attached hydrogens (tertiary/aromatic N) is 3. The SMILES string of the molecule is CCn1cc(C(=O)N(CCOC)CC(=O)Nc2ccccc2C(F)(F)F)c(=O)c2ccc(C)nc21. The number of amides is 2. The number of hydrogen-bond acceptors (Lipinski definition) is 5. The van der Waals surface area contributed by atoms with Gasteiger partial charge >= 0.3 is 6.18 Å². The zero-order valence-corrected chi connectivity index (χ0v) is 19.5. The van der Waals surface area contributed by atoms with Gasteiger partial charge in [-0.3, -0.25) is 14.4 Å². The molecule has 0 saturated carbocycles. The molecule has 1 N–H and O–H groups in total. The highest BCUT2D eigenvalue weighted by Gasteiger charge is 2.34. The minimum Gasteiger partial charge on any atom is -0.383 e. The Morgan fingerprint density at radius 2 is 1.89 bits per heavy atom. The molecule has 0 spiro atoms. The van der Waals surface area contributed by atoms with Crippen LogP contribution in [0.25, 0.3) is 11.0 Å². The van der Waals surface area contributed by atoms with Gasteiger partial charge in [-0.15, -0.1) is 0 Å². The van der Waals surface area contributed by atoms with E-state index in [4.69, 9.17) is 4.74 Å². The van der Waals surface area contributed by atoms with Gasteiger partial charge in [0.15, 0.2) is 0 Å². The second-order valence-electron chi connectivity index (χ2n) is 7.79. The summed E-state index contributed by atoms with van der Waals surface area (Å²) in [6.07, 6.45) is -3.28. The van der Waals surface area contributed by atoms with Gasteiger partial charge in [-0.2, -0.15) is 13.2 Å². The number of ether oxygens (including phenoxy) is 1. The van der Waals surface area contributed by atoms with Crippen molar-refractivity contribution >= 4 is 28.5 Å². The summed E-state index contributed by atoms with van der Waals surface area (Å²) >= 11 is 0. The third-order valence-electron chi connectivity index (χ3n) is 5.33. The summed E-state index contributed by atoms with van der Waals surface area (Å²) in [6, 6.07) is 7.79. The third kappa shape index (κ3) is 5.86. The number of hydrogen-bond donors (Lipinski definition) is 1. The lowest BCUT2D eigenvalue weighted by Crippen LogP contribution is -2.42. The number of aromatic nitrogens is 2. The first-order valence-electron chi connectivity index (χ1n) is 10.8. The predicted octanol–water partition coefficient (Wildman–Crippen LogP) is 3.47. The first kappa shape index (κ1) is 25.9. The monoisotopic (exact) mass is 490 g/mol. The molecule has 2 heterocycles. The van der Waals surface area contributed by atoms with Crippen molar-refractivity contribution in [2.24, 2.45) is 0 Å². The van der Waals surface area contributed by atoms with E-state index in [1.807, 2.05) is 6.92 Å². The van der Waals surface area contributed by atoms with Crippen LogP contribution in [0.4, 0.5) is 18.9 Å². The first-order valence-corrected chi connectivity index (χ1v) is 10.8. The average Bonchev–Trinajstić information content (AvgIpc) is 2.81. The molecule has 2 aromatic heterocycles. The van der Waals surface area contributed by atoms with Crippen LogP contribution in [-0.4, -0.2) is 53.1 Å². The van der Waals surface area contributed by atoms with Crippen molar-refractivity contribution in [2.45, 2.75) is 26.6 Å². The Bertz CT molecular complexity index is 1300. The standard InChI is InChI=1S/C24H25F3N4O4/c1-4-30-13-17(21(33)16-10-9-15(2)28-22(16)30)23(34)31(11-12-35-3)14-20(32)29-19-8-6-5-7-18(19)24(25,26)27/h5-10,13H,4,11-12,14H2,1-3H3,(H,29,32). The molecular weight excluding hydrogens is 465 g/mol. The van der Waals surface area contributed by atoms with Crippen molar-refractivity contribution in [3.63, 3.8) is 0 Å². The number of halogens is 3. The first-order chi connectivity index (χ1) is 16.6. The summed E-state index contributed by atoms with van der Waals surface area (Å²) in [6.45, 7) is 3.46.